The fraction of sp³-hybridized carbons (Fsp3) is 0.118. The molecule has 2 aromatic carbocycles. The Bertz CT molecular complexity index is 817. The molecule has 0 N–H and O–H groups in total. The summed E-state index contributed by atoms with van der Waals surface area (Å²) in [5.74, 6) is -0.886. The summed E-state index contributed by atoms with van der Waals surface area (Å²) in [6, 6.07) is 14.5. The molecule has 2 aromatic rings. The molecule has 23 heavy (non-hydrogen) atoms. The fourth-order valence-electron chi connectivity index (χ4n) is 2.43. The first kappa shape index (κ1) is 15.2. The highest BCUT2D eigenvalue weighted by Gasteiger charge is 2.34. The minimum atomic E-state index is -0.573. The number of hydrogen-bond donors (Lipinski definition) is 0. The second-order valence-electron chi connectivity index (χ2n) is 5.06. The van der Waals surface area contributed by atoms with E-state index in [-0.39, 0.29) is 11.6 Å². The Hall–Kier alpha value is -2.66. The molecule has 1 aliphatic heterocycles. The number of carbonyl (C=O) groups is 2. The van der Waals surface area contributed by atoms with Crippen molar-refractivity contribution in [2.45, 2.75) is 13.5 Å². The molecule has 116 valence electrons. The number of rotatable bonds is 3. The third-order valence-corrected chi connectivity index (χ3v) is 3.63. The topological polar surface area (TPSA) is 59.0 Å². The summed E-state index contributed by atoms with van der Waals surface area (Å²) in [5, 5.41) is 4.31. The van der Waals surface area contributed by atoms with Crippen LogP contribution in [0, 0.1) is 0 Å². The number of nitrogens with zero attached hydrogens (tertiary/aromatic N) is 2. The Kier molecular flexibility index (Phi) is 4.12. The summed E-state index contributed by atoms with van der Waals surface area (Å²) in [7, 11) is 0. The maximum atomic E-state index is 12.6. The lowest BCUT2D eigenvalue weighted by Crippen LogP contribution is -2.29. The maximum Gasteiger partial charge on any atom is 0.332 e. The second kappa shape index (κ2) is 6.22. The van der Waals surface area contributed by atoms with Gasteiger partial charge in [0.15, 0.2) is 5.71 Å². The van der Waals surface area contributed by atoms with Gasteiger partial charge in [-0.05, 0) is 23.8 Å². The van der Waals surface area contributed by atoms with E-state index < -0.39 is 5.97 Å². The van der Waals surface area contributed by atoms with Gasteiger partial charge in [-0.2, -0.15) is 0 Å². The average molecular weight is 329 g/mol. The van der Waals surface area contributed by atoms with E-state index >= 15 is 0 Å². The van der Waals surface area contributed by atoms with E-state index in [1.807, 2.05) is 24.3 Å². The molecule has 0 fully saturated rings. The van der Waals surface area contributed by atoms with Gasteiger partial charge >= 0.3 is 5.97 Å². The smallest absolute Gasteiger partial charge is 0.318 e. The van der Waals surface area contributed by atoms with Crippen LogP contribution in [0.4, 0.5) is 5.69 Å². The van der Waals surface area contributed by atoms with Crippen molar-refractivity contribution in [2.24, 2.45) is 5.16 Å². The second-order valence-corrected chi connectivity index (χ2v) is 5.50. The van der Waals surface area contributed by atoms with Gasteiger partial charge in [0, 0.05) is 17.5 Å². The molecule has 1 heterocycles. The highest BCUT2D eigenvalue weighted by atomic mass is 35.5. The summed E-state index contributed by atoms with van der Waals surface area (Å²) in [4.78, 5) is 29.8. The van der Waals surface area contributed by atoms with Gasteiger partial charge in [-0.15, -0.1) is 0 Å². The first-order chi connectivity index (χ1) is 11.1. The molecule has 0 saturated heterocycles. The van der Waals surface area contributed by atoms with Crippen molar-refractivity contribution in [3.8, 4) is 0 Å². The van der Waals surface area contributed by atoms with E-state index in [0.29, 0.717) is 17.1 Å². The largest absolute Gasteiger partial charge is 0.332 e. The molecule has 0 bridgehead atoms. The number of hydrogen-bond acceptors (Lipinski definition) is 4. The van der Waals surface area contributed by atoms with E-state index in [4.69, 9.17) is 11.6 Å². The van der Waals surface area contributed by atoms with Crippen LogP contribution < -0.4 is 4.90 Å². The normalized spacial score (nSPS) is 15.0. The van der Waals surface area contributed by atoms with Crippen LogP contribution >= 0.6 is 11.6 Å². The van der Waals surface area contributed by atoms with Gasteiger partial charge in [0.25, 0.3) is 5.91 Å². The molecule has 1 aliphatic rings. The monoisotopic (exact) mass is 328 g/mol. The zero-order valence-electron chi connectivity index (χ0n) is 12.3. The lowest BCUT2D eigenvalue weighted by Gasteiger charge is -2.16. The third kappa shape index (κ3) is 3.10. The molecule has 0 unspecified atom stereocenters. The molecule has 0 spiro atoms. The molecule has 0 aromatic heterocycles. The molecule has 3 rings (SSSR count). The summed E-state index contributed by atoms with van der Waals surface area (Å²) >= 11 is 6.00. The Balaban J connectivity index is 1.97. The third-order valence-electron chi connectivity index (χ3n) is 3.39. The summed E-state index contributed by atoms with van der Waals surface area (Å²) in [5.41, 5.74) is 2.39. The minimum absolute atomic E-state index is 0.123. The standard InChI is InChI=1S/C17H13ClN2O3/c1-11(21)23-19-16-14-7-2-3-8-15(14)20(17(16)22)10-12-5-4-6-13(18)9-12/h2-9H,10H2,1H3/b19-16-. The van der Waals surface area contributed by atoms with Gasteiger partial charge in [-0.1, -0.05) is 47.1 Å². The Morgan fingerprint density at radius 2 is 2.00 bits per heavy atom. The molecule has 5 nitrogen and oxygen atoms in total. The summed E-state index contributed by atoms with van der Waals surface area (Å²) in [6.07, 6.45) is 0. The summed E-state index contributed by atoms with van der Waals surface area (Å²) in [6.45, 7) is 1.59. The molecule has 0 radical (unpaired) electrons. The van der Waals surface area contributed by atoms with Gasteiger partial charge in [-0.3, -0.25) is 4.79 Å². The zero-order valence-corrected chi connectivity index (χ0v) is 13.1. The zero-order chi connectivity index (χ0) is 16.4. The van der Waals surface area contributed by atoms with Gasteiger partial charge in [0.1, 0.15) is 0 Å². The van der Waals surface area contributed by atoms with Crippen molar-refractivity contribution < 1.29 is 14.4 Å². The molecule has 6 heteroatoms. The lowest BCUT2D eigenvalue weighted by atomic mass is 10.1. The van der Waals surface area contributed by atoms with E-state index in [1.165, 1.54) is 6.92 Å². The van der Waals surface area contributed by atoms with Crippen LogP contribution in [0.5, 0.6) is 0 Å². The predicted octanol–water partition coefficient (Wildman–Crippen LogP) is 3.15. The van der Waals surface area contributed by atoms with Crippen LogP contribution in [0.3, 0.4) is 0 Å². The Labute approximate surface area is 138 Å². The van der Waals surface area contributed by atoms with Crippen molar-refractivity contribution in [1.29, 1.82) is 0 Å². The highest BCUT2D eigenvalue weighted by Crippen LogP contribution is 2.31. The van der Waals surface area contributed by atoms with Crippen molar-refractivity contribution in [3.05, 3.63) is 64.7 Å². The van der Waals surface area contributed by atoms with Crippen LogP contribution in [0.25, 0.3) is 0 Å². The number of para-hydroxylation sites is 1. The van der Waals surface area contributed by atoms with E-state index in [1.54, 1.807) is 29.2 Å². The number of amides is 1. The quantitative estimate of drug-likeness (QED) is 0.642. The van der Waals surface area contributed by atoms with Crippen molar-refractivity contribution in [2.75, 3.05) is 4.90 Å². The van der Waals surface area contributed by atoms with Gasteiger partial charge in [0.05, 0.1) is 12.2 Å². The molecular formula is C17H13ClN2O3. The molecule has 1 amide bonds. The Morgan fingerprint density at radius 1 is 1.22 bits per heavy atom. The van der Waals surface area contributed by atoms with Crippen LogP contribution in [-0.2, 0) is 21.0 Å². The van der Waals surface area contributed by atoms with Crippen molar-refractivity contribution >= 4 is 34.9 Å². The van der Waals surface area contributed by atoms with Gasteiger partial charge < -0.3 is 9.74 Å². The first-order valence-corrected chi connectivity index (χ1v) is 7.35. The number of benzene rings is 2. The van der Waals surface area contributed by atoms with E-state index in [9.17, 15) is 9.59 Å². The molecule has 0 saturated carbocycles. The van der Waals surface area contributed by atoms with Crippen LogP contribution in [0.2, 0.25) is 5.02 Å². The number of carbonyl (C=O) groups excluding carboxylic acids is 2. The average Bonchev–Trinajstić information content (AvgIpc) is 2.78. The van der Waals surface area contributed by atoms with Crippen LogP contribution in [0.1, 0.15) is 18.1 Å². The SMILES string of the molecule is CC(=O)O/N=C1\C(=O)N(Cc2cccc(Cl)c2)c2ccccc21. The van der Waals surface area contributed by atoms with Gasteiger partial charge in [0.2, 0.25) is 0 Å². The van der Waals surface area contributed by atoms with Crippen LogP contribution in [-0.4, -0.2) is 17.6 Å². The Morgan fingerprint density at radius 3 is 2.74 bits per heavy atom. The van der Waals surface area contributed by atoms with Crippen molar-refractivity contribution in [1.82, 2.24) is 0 Å². The molecular weight excluding hydrogens is 316 g/mol. The lowest BCUT2D eigenvalue weighted by molar-refractivity contribution is -0.140. The van der Waals surface area contributed by atoms with E-state index in [2.05, 4.69) is 9.99 Å². The maximum absolute atomic E-state index is 12.6. The van der Waals surface area contributed by atoms with Crippen molar-refractivity contribution in [3.63, 3.8) is 0 Å². The highest BCUT2D eigenvalue weighted by molar-refractivity contribution is 6.54. The van der Waals surface area contributed by atoms with Crippen LogP contribution in [0.15, 0.2) is 53.7 Å². The number of fused-ring (bicyclic) bond motifs is 1. The first-order valence-electron chi connectivity index (χ1n) is 6.97. The minimum Gasteiger partial charge on any atom is -0.318 e. The molecule has 0 atom stereocenters. The number of halogens is 1. The predicted molar refractivity (Wildman–Crippen MR) is 87.4 cm³/mol. The molecule has 0 aliphatic carbocycles. The fourth-order valence-corrected chi connectivity index (χ4v) is 2.65. The van der Waals surface area contributed by atoms with E-state index in [0.717, 1.165) is 11.3 Å². The number of oxime groups is 1. The summed E-state index contributed by atoms with van der Waals surface area (Å²) < 4.78 is 0. The number of anilines is 1. The van der Waals surface area contributed by atoms with Gasteiger partial charge in [-0.25, -0.2) is 4.79 Å².